The highest BCUT2D eigenvalue weighted by Gasteiger charge is 2.10. The summed E-state index contributed by atoms with van der Waals surface area (Å²) in [6.07, 6.45) is 0. The Kier molecular flexibility index (Phi) is 3.70. The monoisotopic (exact) mass is 380 g/mol. The maximum atomic E-state index is 4.68. The molecule has 1 heterocycles. The van der Waals surface area contributed by atoms with Gasteiger partial charge in [0.05, 0.1) is 16.3 Å². The van der Waals surface area contributed by atoms with Crippen LogP contribution in [0.25, 0.3) is 10.2 Å². The van der Waals surface area contributed by atoms with Crippen LogP contribution < -0.4 is 5.32 Å². The SMILES string of the molecule is CC(Nc1ccc(I)cc1)c1nc2ccccc2s1. The first-order valence-corrected chi connectivity index (χ1v) is 7.99. The van der Waals surface area contributed by atoms with Crippen molar-refractivity contribution in [2.24, 2.45) is 0 Å². The van der Waals surface area contributed by atoms with E-state index >= 15 is 0 Å². The van der Waals surface area contributed by atoms with Crippen LogP contribution in [0, 0.1) is 3.57 Å². The highest BCUT2D eigenvalue weighted by atomic mass is 127. The standard InChI is InChI=1S/C15H13IN2S/c1-10(17-12-8-6-11(16)7-9-12)15-18-13-4-2-3-5-14(13)19-15/h2-10,17H,1H3. The third kappa shape index (κ3) is 2.90. The Balaban J connectivity index is 1.83. The van der Waals surface area contributed by atoms with Gasteiger partial charge in [0.1, 0.15) is 5.01 Å². The van der Waals surface area contributed by atoms with Crippen molar-refractivity contribution in [1.82, 2.24) is 4.98 Å². The molecule has 1 atom stereocenters. The fraction of sp³-hybridized carbons (Fsp3) is 0.133. The molecule has 0 amide bonds. The van der Waals surface area contributed by atoms with Gasteiger partial charge < -0.3 is 5.32 Å². The third-order valence-electron chi connectivity index (χ3n) is 2.91. The van der Waals surface area contributed by atoms with Crippen molar-refractivity contribution in [3.05, 3.63) is 57.1 Å². The van der Waals surface area contributed by atoms with Crippen molar-refractivity contribution in [2.75, 3.05) is 5.32 Å². The Bertz CT molecular complexity index is 658. The van der Waals surface area contributed by atoms with Gasteiger partial charge in [-0.05, 0) is 65.9 Å². The summed E-state index contributed by atoms with van der Waals surface area (Å²) >= 11 is 4.07. The Morgan fingerprint density at radius 2 is 1.84 bits per heavy atom. The van der Waals surface area contributed by atoms with E-state index in [0.29, 0.717) is 0 Å². The van der Waals surface area contributed by atoms with Gasteiger partial charge in [0.15, 0.2) is 0 Å². The summed E-state index contributed by atoms with van der Waals surface area (Å²) in [5.41, 5.74) is 2.21. The minimum absolute atomic E-state index is 0.220. The molecular formula is C15H13IN2S. The molecule has 2 aromatic carbocycles. The molecule has 96 valence electrons. The quantitative estimate of drug-likeness (QED) is 0.642. The molecule has 0 saturated carbocycles. The molecule has 0 saturated heterocycles. The maximum absolute atomic E-state index is 4.68. The summed E-state index contributed by atoms with van der Waals surface area (Å²) in [7, 11) is 0. The van der Waals surface area contributed by atoms with Crippen LogP contribution in [-0.4, -0.2) is 4.98 Å². The molecule has 1 N–H and O–H groups in total. The highest BCUT2D eigenvalue weighted by molar-refractivity contribution is 14.1. The van der Waals surface area contributed by atoms with Crippen molar-refractivity contribution in [2.45, 2.75) is 13.0 Å². The van der Waals surface area contributed by atoms with Crippen LogP contribution in [0.5, 0.6) is 0 Å². The summed E-state index contributed by atoms with van der Waals surface area (Å²) in [5, 5.41) is 4.62. The molecule has 0 spiro atoms. The van der Waals surface area contributed by atoms with Crippen LogP contribution in [-0.2, 0) is 0 Å². The van der Waals surface area contributed by atoms with Crippen molar-refractivity contribution < 1.29 is 0 Å². The van der Waals surface area contributed by atoms with Crippen LogP contribution in [0.15, 0.2) is 48.5 Å². The van der Waals surface area contributed by atoms with Gasteiger partial charge in [-0.1, -0.05) is 12.1 Å². The Labute approximate surface area is 130 Å². The maximum Gasteiger partial charge on any atom is 0.116 e. The van der Waals surface area contributed by atoms with Gasteiger partial charge in [-0.2, -0.15) is 0 Å². The van der Waals surface area contributed by atoms with Gasteiger partial charge in [0.25, 0.3) is 0 Å². The summed E-state index contributed by atoms with van der Waals surface area (Å²) in [5.74, 6) is 0. The number of nitrogens with one attached hydrogen (secondary N) is 1. The lowest BCUT2D eigenvalue weighted by Gasteiger charge is -2.12. The van der Waals surface area contributed by atoms with E-state index in [0.717, 1.165) is 16.2 Å². The Morgan fingerprint density at radius 3 is 2.58 bits per heavy atom. The number of fused-ring (bicyclic) bond motifs is 1. The number of halogens is 1. The number of nitrogens with zero attached hydrogens (tertiary/aromatic N) is 1. The second-order valence-corrected chi connectivity index (χ2v) is 6.70. The van der Waals surface area contributed by atoms with Gasteiger partial charge in [-0.25, -0.2) is 4.98 Å². The highest BCUT2D eigenvalue weighted by Crippen LogP contribution is 2.28. The van der Waals surface area contributed by atoms with E-state index in [4.69, 9.17) is 0 Å². The molecule has 0 radical (unpaired) electrons. The average Bonchev–Trinajstić information content (AvgIpc) is 2.85. The van der Waals surface area contributed by atoms with E-state index in [2.05, 4.69) is 82.3 Å². The number of thiazole rings is 1. The zero-order chi connectivity index (χ0) is 13.2. The van der Waals surface area contributed by atoms with E-state index in [9.17, 15) is 0 Å². The first-order chi connectivity index (χ1) is 9.22. The lowest BCUT2D eigenvalue weighted by molar-refractivity contribution is 0.874. The zero-order valence-electron chi connectivity index (χ0n) is 10.4. The van der Waals surface area contributed by atoms with E-state index in [1.807, 2.05) is 6.07 Å². The second kappa shape index (κ2) is 5.46. The second-order valence-electron chi connectivity index (χ2n) is 4.39. The number of para-hydroxylation sites is 1. The summed E-state index contributed by atoms with van der Waals surface area (Å²) in [6.45, 7) is 2.15. The molecule has 1 aromatic heterocycles. The number of hydrogen-bond donors (Lipinski definition) is 1. The molecule has 2 nitrogen and oxygen atoms in total. The summed E-state index contributed by atoms with van der Waals surface area (Å²) in [4.78, 5) is 4.68. The van der Waals surface area contributed by atoms with E-state index in [1.54, 1.807) is 11.3 Å². The minimum Gasteiger partial charge on any atom is -0.376 e. The molecule has 19 heavy (non-hydrogen) atoms. The number of rotatable bonds is 3. The van der Waals surface area contributed by atoms with Crippen LogP contribution in [0.1, 0.15) is 18.0 Å². The van der Waals surface area contributed by atoms with Gasteiger partial charge in [-0.3, -0.25) is 0 Å². The lowest BCUT2D eigenvalue weighted by Crippen LogP contribution is -2.05. The molecule has 0 aliphatic heterocycles. The molecule has 0 fully saturated rings. The fourth-order valence-corrected chi connectivity index (χ4v) is 3.26. The number of aromatic nitrogens is 1. The van der Waals surface area contributed by atoms with Gasteiger partial charge in [0.2, 0.25) is 0 Å². The first-order valence-electron chi connectivity index (χ1n) is 6.10. The number of anilines is 1. The van der Waals surface area contributed by atoms with Crippen LogP contribution >= 0.6 is 33.9 Å². The number of hydrogen-bond acceptors (Lipinski definition) is 3. The number of benzene rings is 2. The summed E-state index contributed by atoms with van der Waals surface area (Å²) in [6, 6.07) is 16.9. The topological polar surface area (TPSA) is 24.9 Å². The smallest absolute Gasteiger partial charge is 0.116 e. The Hall–Kier alpha value is -1.14. The molecule has 4 heteroatoms. The van der Waals surface area contributed by atoms with Gasteiger partial charge >= 0.3 is 0 Å². The van der Waals surface area contributed by atoms with Crippen molar-refractivity contribution in [3.8, 4) is 0 Å². The fourth-order valence-electron chi connectivity index (χ4n) is 1.93. The lowest BCUT2D eigenvalue weighted by atomic mass is 10.3. The molecule has 3 aromatic rings. The van der Waals surface area contributed by atoms with Crippen LogP contribution in [0.2, 0.25) is 0 Å². The van der Waals surface area contributed by atoms with E-state index < -0.39 is 0 Å². The normalized spacial score (nSPS) is 12.5. The minimum atomic E-state index is 0.220. The zero-order valence-corrected chi connectivity index (χ0v) is 13.4. The largest absolute Gasteiger partial charge is 0.376 e. The first kappa shape index (κ1) is 12.9. The van der Waals surface area contributed by atoms with Crippen molar-refractivity contribution in [1.29, 1.82) is 0 Å². The van der Waals surface area contributed by atoms with E-state index in [1.165, 1.54) is 8.27 Å². The Morgan fingerprint density at radius 1 is 1.11 bits per heavy atom. The van der Waals surface area contributed by atoms with E-state index in [-0.39, 0.29) is 6.04 Å². The molecule has 0 bridgehead atoms. The van der Waals surface area contributed by atoms with Crippen LogP contribution in [0.3, 0.4) is 0 Å². The predicted octanol–water partition coefficient (Wildman–Crippen LogP) is 5.07. The van der Waals surface area contributed by atoms with Crippen LogP contribution in [0.4, 0.5) is 5.69 Å². The summed E-state index contributed by atoms with van der Waals surface area (Å²) < 4.78 is 2.49. The molecule has 0 aliphatic rings. The molecule has 1 unspecified atom stereocenters. The average molecular weight is 380 g/mol. The van der Waals surface area contributed by atoms with Gasteiger partial charge in [0, 0.05) is 9.26 Å². The molecule has 0 aliphatic carbocycles. The van der Waals surface area contributed by atoms with Crippen molar-refractivity contribution >= 4 is 49.8 Å². The predicted molar refractivity (Wildman–Crippen MR) is 90.8 cm³/mol. The van der Waals surface area contributed by atoms with Crippen molar-refractivity contribution in [3.63, 3.8) is 0 Å². The molecule has 3 rings (SSSR count). The molecular weight excluding hydrogens is 367 g/mol. The van der Waals surface area contributed by atoms with Gasteiger partial charge in [-0.15, -0.1) is 11.3 Å². The third-order valence-corrected chi connectivity index (χ3v) is 4.85.